The standard InChI is InChI=1S/C22H16ClFN2O/c23-20-5-2-4-19(12-20)22(27)26(15-18-3-1-6-21(24)11-18)14-17-9-7-16(13-25)8-10-17/h1-12H,14-15H2. The number of amides is 1. The van der Waals surface area contributed by atoms with Crippen LogP contribution in [0.3, 0.4) is 0 Å². The van der Waals surface area contributed by atoms with Gasteiger partial charge in [-0.15, -0.1) is 0 Å². The topological polar surface area (TPSA) is 44.1 Å². The van der Waals surface area contributed by atoms with Gasteiger partial charge in [0, 0.05) is 23.7 Å². The summed E-state index contributed by atoms with van der Waals surface area (Å²) in [6.07, 6.45) is 0. The first-order valence-corrected chi connectivity index (χ1v) is 8.71. The Hall–Kier alpha value is -3.16. The van der Waals surface area contributed by atoms with Crippen LogP contribution in [0.4, 0.5) is 4.39 Å². The average Bonchev–Trinajstić information content (AvgIpc) is 2.67. The molecule has 0 fully saturated rings. The van der Waals surface area contributed by atoms with E-state index in [1.807, 2.05) is 12.1 Å². The number of carbonyl (C=O) groups excluding carboxylic acids is 1. The van der Waals surface area contributed by atoms with Gasteiger partial charge in [0.1, 0.15) is 5.82 Å². The number of rotatable bonds is 5. The van der Waals surface area contributed by atoms with Gasteiger partial charge in [0.25, 0.3) is 5.91 Å². The van der Waals surface area contributed by atoms with E-state index >= 15 is 0 Å². The second-order valence-corrected chi connectivity index (χ2v) is 6.55. The average molecular weight is 379 g/mol. The Morgan fingerprint density at radius 3 is 2.33 bits per heavy atom. The Morgan fingerprint density at radius 2 is 1.67 bits per heavy atom. The molecule has 0 spiro atoms. The predicted molar refractivity (Wildman–Crippen MR) is 103 cm³/mol. The highest BCUT2D eigenvalue weighted by molar-refractivity contribution is 6.30. The Balaban J connectivity index is 1.89. The molecule has 0 atom stereocenters. The van der Waals surface area contributed by atoms with Crippen LogP contribution in [0.15, 0.2) is 72.8 Å². The Labute approximate surface area is 162 Å². The van der Waals surface area contributed by atoms with Crippen molar-refractivity contribution in [2.75, 3.05) is 0 Å². The highest BCUT2D eigenvalue weighted by Crippen LogP contribution is 2.18. The summed E-state index contributed by atoms with van der Waals surface area (Å²) in [6.45, 7) is 0.580. The zero-order chi connectivity index (χ0) is 19.2. The van der Waals surface area contributed by atoms with Crippen molar-refractivity contribution in [2.24, 2.45) is 0 Å². The van der Waals surface area contributed by atoms with Crippen molar-refractivity contribution in [1.29, 1.82) is 5.26 Å². The maximum atomic E-state index is 13.6. The third kappa shape index (κ3) is 4.93. The summed E-state index contributed by atoms with van der Waals surface area (Å²) in [5.41, 5.74) is 2.59. The van der Waals surface area contributed by atoms with E-state index in [1.165, 1.54) is 12.1 Å². The smallest absolute Gasteiger partial charge is 0.254 e. The third-order valence-electron chi connectivity index (χ3n) is 4.08. The van der Waals surface area contributed by atoms with Crippen molar-refractivity contribution in [3.63, 3.8) is 0 Å². The van der Waals surface area contributed by atoms with Gasteiger partial charge in [0.05, 0.1) is 11.6 Å². The van der Waals surface area contributed by atoms with Gasteiger partial charge in [-0.3, -0.25) is 4.79 Å². The van der Waals surface area contributed by atoms with Gasteiger partial charge in [-0.2, -0.15) is 5.26 Å². The number of nitrogens with zero attached hydrogens (tertiary/aromatic N) is 2. The van der Waals surface area contributed by atoms with Crippen molar-refractivity contribution in [1.82, 2.24) is 4.90 Å². The molecule has 0 saturated heterocycles. The van der Waals surface area contributed by atoms with E-state index in [1.54, 1.807) is 53.4 Å². The van der Waals surface area contributed by atoms with E-state index in [0.29, 0.717) is 28.3 Å². The molecular formula is C22H16ClFN2O. The number of carbonyl (C=O) groups is 1. The fourth-order valence-electron chi connectivity index (χ4n) is 2.76. The molecule has 0 aliphatic heterocycles. The first kappa shape index (κ1) is 18.6. The second kappa shape index (κ2) is 8.48. The van der Waals surface area contributed by atoms with E-state index in [2.05, 4.69) is 6.07 Å². The van der Waals surface area contributed by atoms with Crippen molar-refractivity contribution in [2.45, 2.75) is 13.1 Å². The number of benzene rings is 3. The van der Waals surface area contributed by atoms with Gasteiger partial charge in [0.2, 0.25) is 0 Å². The zero-order valence-electron chi connectivity index (χ0n) is 14.4. The van der Waals surface area contributed by atoms with Crippen LogP contribution < -0.4 is 0 Å². The summed E-state index contributed by atoms with van der Waals surface area (Å²) in [5.74, 6) is -0.549. The van der Waals surface area contributed by atoms with E-state index < -0.39 is 0 Å². The summed E-state index contributed by atoms with van der Waals surface area (Å²) >= 11 is 6.02. The summed E-state index contributed by atoms with van der Waals surface area (Å²) in [4.78, 5) is 14.7. The first-order chi connectivity index (χ1) is 13.0. The van der Waals surface area contributed by atoms with Crippen LogP contribution in [0.1, 0.15) is 27.0 Å². The summed E-state index contributed by atoms with van der Waals surface area (Å²) in [5, 5.41) is 9.41. The SMILES string of the molecule is N#Cc1ccc(CN(Cc2cccc(F)c2)C(=O)c2cccc(Cl)c2)cc1. The van der Waals surface area contributed by atoms with Gasteiger partial charge in [-0.25, -0.2) is 4.39 Å². The molecule has 0 bridgehead atoms. The van der Waals surface area contributed by atoms with E-state index in [4.69, 9.17) is 16.9 Å². The maximum Gasteiger partial charge on any atom is 0.254 e. The lowest BCUT2D eigenvalue weighted by Crippen LogP contribution is -2.30. The minimum absolute atomic E-state index is 0.203. The number of hydrogen-bond acceptors (Lipinski definition) is 2. The van der Waals surface area contributed by atoms with Crippen LogP contribution in [0.2, 0.25) is 5.02 Å². The van der Waals surface area contributed by atoms with Crippen molar-refractivity contribution >= 4 is 17.5 Å². The molecule has 3 aromatic carbocycles. The van der Waals surface area contributed by atoms with Gasteiger partial charge in [0.15, 0.2) is 0 Å². The normalized spacial score (nSPS) is 10.3. The molecule has 3 nitrogen and oxygen atoms in total. The van der Waals surface area contributed by atoms with Crippen LogP contribution >= 0.6 is 11.6 Å². The molecule has 0 aliphatic rings. The largest absolute Gasteiger partial charge is 0.330 e. The van der Waals surface area contributed by atoms with Crippen LogP contribution in [0.5, 0.6) is 0 Å². The second-order valence-electron chi connectivity index (χ2n) is 6.11. The quantitative estimate of drug-likeness (QED) is 0.613. The zero-order valence-corrected chi connectivity index (χ0v) is 15.2. The lowest BCUT2D eigenvalue weighted by molar-refractivity contribution is 0.0730. The minimum Gasteiger partial charge on any atom is -0.330 e. The van der Waals surface area contributed by atoms with Gasteiger partial charge >= 0.3 is 0 Å². The molecule has 0 aromatic heterocycles. The molecular weight excluding hydrogens is 363 g/mol. The summed E-state index contributed by atoms with van der Waals surface area (Å²) in [7, 11) is 0. The van der Waals surface area contributed by atoms with Crippen molar-refractivity contribution in [3.8, 4) is 6.07 Å². The summed E-state index contributed by atoms with van der Waals surface area (Å²) < 4.78 is 13.6. The monoisotopic (exact) mass is 378 g/mol. The van der Waals surface area contributed by atoms with Gasteiger partial charge in [-0.05, 0) is 53.6 Å². The molecule has 3 rings (SSSR count). The van der Waals surface area contributed by atoms with Crippen molar-refractivity contribution < 1.29 is 9.18 Å². The molecule has 0 unspecified atom stereocenters. The lowest BCUT2D eigenvalue weighted by Gasteiger charge is -2.23. The fraction of sp³-hybridized carbons (Fsp3) is 0.0909. The molecule has 0 N–H and O–H groups in total. The number of hydrogen-bond donors (Lipinski definition) is 0. The van der Waals surface area contributed by atoms with E-state index in [-0.39, 0.29) is 18.3 Å². The Bertz CT molecular complexity index is 996. The predicted octanol–water partition coefficient (Wildman–Crippen LogP) is 5.19. The first-order valence-electron chi connectivity index (χ1n) is 8.33. The van der Waals surface area contributed by atoms with Crippen LogP contribution in [-0.2, 0) is 13.1 Å². The molecule has 27 heavy (non-hydrogen) atoms. The molecule has 0 heterocycles. The number of nitriles is 1. The maximum absolute atomic E-state index is 13.6. The highest BCUT2D eigenvalue weighted by atomic mass is 35.5. The molecule has 0 saturated carbocycles. The molecule has 134 valence electrons. The van der Waals surface area contributed by atoms with Crippen LogP contribution in [0.25, 0.3) is 0 Å². The van der Waals surface area contributed by atoms with Crippen LogP contribution in [-0.4, -0.2) is 10.8 Å². The van der Waals surface area contributed by atoms with E-state index in [0.717, 1.165) is 5.56 Å². The van der Waals surface area contributed by atoms with Crippen molar-refractivity contribution in [3.05, 3.63) is 106 Å². The fourth-order valence-corrected chi connectivity index (χ4v) is 2.95. The molecule has 0 aliphatic carbocycles. The van der Waals surface area contributed by atoms with Crippen LogP contribution in [0, 0.1) is 17.1 Å². The molecule has 1 amide bonds. The minimum atomic E-state index is -0.346. The molecule has 5 heteroatoms. The molecule has 3 aromatic rings. The summed E-state index contributed by atoms with van der Waals surface area (Å²) in [6, 6.07) is 22.0. The van der Waals surface area contributed by atoms with E-state index in [9.17, 15) is 9.18 Å². The lowest BCUT2D eigenvalue weighted by atomic mass is 10.1. The number of halogens is 2. The molecule has 0 radical (unpaired) electrons. The third-order valence-corrected chi connectivity index (χ3v) is 4.31. The Morgan fingerprint density at radius 1 is 0.963 bits per heavy atom. The van der Waals surface area contributed by atoms with Gasteiger partial charge < -0.3 is 4.90 Å². The van der Waals surface area contributed by atoms with Gasteiger partial charge in [-0.1, -0.05) is 41.9 Å². The highest BCUT2D eigenvalue weighted by Gasteiger charge is 2.17. The Kier molecular flexibility index (Phi) is 5.85.